The minimum Gasteiger partial charge on any atom is -0.383 e. The van der Waals surface area contributed by atoms with Crippen molar-refractivity contribution >= 4 is 0 Å². The summed E-state index contributed by atoms with van der Waals surface area (Å²) in [5.74, 6) is 2.88. The average Bonchev–Trinajstić information content (AvgIpc) is 2.84. The number of fused-ring (bicyclic) bond motifs is 2. The number of hydrogen-bond acceptors (Lipinski definition) is 2. The summed E-state index contributed by atoms with van der Waals surface area (Å²) < 4.78 is 5.12. The van der Waals surface area contributed by atoms with Crippen molar-refractivity contribution < 1.29 is 4.74 Å². The van der Waals surface area contributed by atoms with Crippen molar-refractivity contribution in [2.45, 2.75) is 46.0 Å². The summed E-state index contributed by atoms with van der Waals surface area (Å²) in [5.41, 5.74) is 0.616. The highest BCUT2D eigenvalue weighted by molar-refractivity contribution is 5.01. The maximum Gasteiger partial charge on any atom is 0.0587 e. The predicted molar refractivity (Wildman–Crippen MR) is 72.1 cm³/mol. The molecule has 0 aliphatic heterocycles. The molecule has 3 atom stereocenters. The molecule has 0 radical (unpaired) electrons. The number of ether oxygens (including phenoxy) is 1. The summed E-state index contributed by atoms with van der Waals surface area (Å²) in [6, 6.07) is 0. The summed E-state index contributed by atoms with van der Waals surface area (Å²) in [6.45, 7) is 7.82. The molecule has 2 nitrogen and oxygen atoms in total. The molecule has 100 valence electrons. The van der Waals surface area contributed by atoms with E-state index < -0.39 is 0 Å². The zero-order valence-electron chi connectivity index (χ0n) is 11.8. The Hall–Kier alpha value is -0.0800. The molecule has 0 amide bonds. The molecule has 0 aromatic rings. The first-order valence-electron chi connectivity index (χ1n) is 7.36. The third kappa shape index (κ3) is 3.03. The van der Waals surface area contributed by atoms with Crippen LogP contribution in [0.2, 0.25) is 0 Å². The number of nitrogens with one attached hydrogen (secondary N) is 1. The molecular weight excluding hydrogens is 210 g/mol. The molecule has 2 saturated carbocycles. The van der Waals surface area contributed by atoms with Crippen molar-refractivity contribution in [1.82, 2.24) is 5.32 Å². The molecule has 0 aromatic heterocycles. The number of hydrogen-bond donors (Lipinski definition) is 1. The minimum atomic E-state index is 0.616. The van der Waals surface area contributed by atoms with Crippen molar-refractivity contribution in [3.05, 3.63) is 0 Å². The molecule has 3 unspecified atom stereocenters. The van der Waals surface area contributed by atoms with E-state index in [2.05, 4.69) is 19.2 Å². The fraction of sp³-hybridized carbons (Fsp3) is 1.00. The molecule has 1 N–H and O–H groups in total. The monoisotopic (exact) mass is 239 g/mol. The van der Waals surface area contributed by atoms with E-state index in [9.17, 15) is 0 Å². The maximum absolute atomic E-state index is 5.12. The molecular formula is C15H29NO. The van der Waals surface area contributed by atoms with E-state index in [4.69, 9.17) is 4.74 Å². The van der Waals surface area contributed by atoms with Crippen LogP contribution in [0.3, 0.4) is 0 Å². The van der Waals surface area contributed by atoms with Gasteiger partial charge in [-0.2, -0.15) is 0 Å². The van der Waals surface area contributed by atoms with Gasteiger partial charge in [-0.3, -0.25) is 0 Å². The Morgan fingerprint density at radius 1 is 1.35 bits per heavy atom. The van der Waals surface area contributed by atoms with Crippen LogP contribution in [-0.4, -0.2) is 26.8 Å². The molecule has 2 aliphatic carbocycles. The van der Waals surface area contributed by atoms with Gasteiger partial charge in [-0.25, -0.2) is 0 Å². The van der Waals surface area contributed by atoms with Gasteiger partial charge in [0.2, 0.25) is 0 Å². The van der Waals surface area contributed by atoms with Crippen LogP contribution in [0.4, 0.5) is 0 Å². The van der Waals surface area contributed by atoms with Gasteiger partial charge < -0.3 is 10.1 Å². The Balaban J connectivity index is 1.89. The molecule has 0 saturated heterocycles. The number of rotatable bonds is 7. The Labute approximate surface area is 107 Å². The van der Waals surface area contributed by atoms with E-state index in [-0.39, 0.29) is 0 Å². The van der Waals surface area contributed by atoms with E-state index in [0.717, 1.165) is 30.9 Å². The first-order valence-corrected chi connectivity index (χ1v) is 7.36. The lowest BCUT2D eigenvalue weighted by Gasteiger charge is -2.39. The Morgan fingerprint density at radius 2 is 2.18 bits per heavy atom. The Kier molecular flexibility index (Phi) is 4.48. The van der Waals surface area contributed by atoms with Crippen molar-refractivity contribution in [2.24, 2.45) is 23.2 Å². The van der Waals surface area contributed by atoms with Crippen LogP contribution in [0.15, 0.2) is 0 Å². The van der Waals surface area contributed by atoms with Crippen molar-refractivity contribution in [3.8, 4) is 0 Å². The second kappa shape index (κ2) is 5.71. The molecule has 0 aromatic carbocycles. The van der Waals surface area contributed by atoms with Crippen molar-refractivity contribution in [2.75, 3.05) is 26.8 Å². The minimum absolute atomic E-state index is 0.616. The van der Waals surface area contributed by atoms with Crippen LogP contribution in [0.1, 0.15) is 46.0 Å². The zero-order chi connectivity index (χ0) is 12.3. The summed E-state index contributed by atoms with van der Waals surface area (Å²) in [4.78, 5) is 0. The van der Waals surface area contributed by atoms with Gasteiger partial charge in [0.05, 0.1) is 6.61 Å². The quantitative estimate of drug-likeness (QED) is 0.689. The molecule has 2 heteroatoms. The van der Waals surface area contributed by atoms with Crippen LogP contribution in [0, 0.1) is 23.2 Å². The van der Waals surface area contributed by atoms with Gasteiger partial charge >= 0.3 is 0 Å². The van der Waals surface area contributed by atoms with Crippen molar-refractivity contribution in [1.29, 1.82) is 0 Å². The average molecular weight is 239 g/mol. The molecule has 0 heterocycles. The largest absolute Gasteiger partial charge is 0.383 e. The maximum atomic E-state index is 5.12. The summed E-state index contributed by atoms with van der Waals surface area (Å²) in [7, 11) is 1.78. The lowest BCUT2D eigenvalue weighted by molar-refractivity contribution is 0.117. The van der Waals surface area contributed by atoms with Crippen LogP contribution in [-0.2, 0) is 4.74 Å². The third-order valence-electron chi connectivity index (χ3n) is 4.88. The molecule has 2 bridgehead atoms. The van der Waals surface area contributed by atoms with Gasteiger partial charge in [0.1, 0.15) is 0 Å². The smallest absolute Gasteiger partial charge is 0.0587 e. The molecule has 0 spiro atoms. The highest BCUT2D eigenvalue weighted by atomic mass is 16.5. The highest BCUT2D eigenvalue weighted by Crippen LogP contribution is 2.58. The lowest BCUT2D eigenvalue weighted by atomic mass is 9.68. The first kappa shape index (κ1) is 13.4. The molecule has 17 heavy (non-hydrogen) atoms. The molecule has 2 aliphatic rings. The van der Waals surface area contributed by atoms with E-state index in [1.807, 2.05) is 0 Å². The topological polar surface area (TPSA) is 21.3 Å². The molecule has 2 rings (SSSR count). The normalized spacial score (nSPS) is 36.0. The lowest BCUT2D eigenvalue weighted by Crippen LogP contribution is -2.40. The van der Waals surface area contributed by atoms with Gasteiger partial charge in [-0.1, -0.05) is 20.3 Å². The van der Waals surface area contributed by atoms with Gasteiger partial charge in [-0.15, -0.1) is 0 Å². The van der Waals surface area contributed by atoms with E-state index in [1.54, 1.807) is 7.11 Å². The Bertz CT molecular complexity index is 241. The van der Waals surface area contributed by atoms with E-state index in [0.29, 0.717) is 5.41 Å². The number of methoxy groups -OCH3 is 1. The second-order valence-corrected chi connectivity index (χ2v) is 6.71. The third-order valence-corrected chi connectivity index (χ3v) is 4.88. The van der Waals surface area contributed by atoms with Crippen LogP contribution in [0.25, 0.3) is 0 Å². The van der Waals surface area contributed by atoms with Crippen LogP contribution >= 0.6 is 0 Å². The van der Waals surface area contributed by atoms with Gasteiger partial charge in [0.25, 0.3) is 0 Å². The standard InChI is InChI=1S/C15H29NO/c1-12(2)9-15(11-16-6-7-17-3)10-13-4-5-14(15)8-13/h12-14,16H,4-11H2,1-3H3. The fourth-order valence-corrected chi connectivity index (χ4v) is 4.42. The van der Waals surface area contributed by atoms with Crippen molar-refractivity contribution in [3.63, 3.8) is 0 Å². The fourth-order valence-electron chi connectivity index (χ4n) is 4.42. The predicted octanol–water partition coefficient (Wildman–Crippen LogP) is 3.07. The zero-order valence-corrected chi connectivity index (χ0v) is 11.8. The van der Waals surface area contributed by atoms with E-state index in [1.165, 1.54) is 38.6 Å². The van der Waals surface area contributed by atoms with Crippen LogP contribution < -0.4 is 5.32 Å². The van der Waals surface area contributed by atoms with E-state index >= 15 is 0 Å². The Morgan fingerprint density at radius 3 is 2.71 bits per heavy atom. The van der Waals surface area contributed by atoms with Gasteiger partial charge in [-0.05, 0) is 48.9 Å². The highest BCUT2D eigenvalue weighted by Gasteiger charge is 2.50. The first-order chi connectivity index (χ1) is 8.16. The molecule has 2 fully saturated rings. The second-order valence-electron chi connectivity index (χ2n) is 6.71. The van der Waals surface area contributed by atoms with Gasteiger partial charge in [0.15, 0.2) is 0 Å². The summed E-state index contributed by atoms with van der Waals surface area (Å²) >= 11 is 0. The van der Waals surface area contributed by atoms with Gasteiger partial charge in [0, 0.05) is 20.2 Å². The van der Waals surface area contributed by atoms with Crippen LogP contribution in [0.5, 0.6) is 0 Å². The summed E-state index contributed by atoms with van der Waals surface area (Å²) in [6.07, 6.45) is 7.40. The summed E-state index contributed by atoms with van der Waals surface area (Å²) in [5, 5.41) is 3.63. The SMILES string of the molecule is COCCNCC1(CC(C)C)CC2CCC1C2.